The van der Waals surface area contributed by atoms with Crippen LogP contribution in [-0.2, 0) is 0 Å². The van der Waals surface area contributed by atoms with Crippen molar-refractivity contribution in [2.75, 3.05) is 23.7 Å². The fourth-order valence-electron chi connectivity index (χ4n) is 2.66. The third kappa shape index (κ3) is 3.81. The number of rotatable bonds is 5. The number of aromatic nitrogens is 1. The Labute approximate surface area is 119 Å². The molecule has 20 heavy (non-hydrogen) atoms. The smallest absolute Gasteiger partial charge is 0.168 e. The van der Waals surface area contributed by atoms with Gasteiger partial charge in [0.2, 0.25) is 0 Å². The van der Waals surface area contributed by atoms with Crippen LogP contribution in [0.25, 0.3) is 0 Å². The summed E-state index contributed by atoms with van der Waals surface area (Å²) < 4.78 is 27.2. The van der Waals surface area contributed by atoms with Crippen molar-refractivity contribution in [1.29, 1.82) is 0 Å². The lowest BCUT2D eigenvalue weighted by Crippen LogP contribution is -2.21. The molecule has 2 N–H and O–H groups in total. The first-order chi connectivity index (χ1) is 9.60. The molecule has 2 rings (SSSR count). The van der Waals surface area contributed by atoms with E-state index in [0.29, 0.717) is 19.0 Å². The van der Waals surface area contributed by atoms with E-state index in [1.54, 1.807) is 0 Å². The molecule has 1 aliphatic rings. The summed E-state index contributed by atoms with van der Waals surface area (Å²) in [5, 5.41) is 5.83. The van der Waals surface area contributed by atoms with Crippen molar-refractivity contribution in [3.8, 4) is 0 Å². The predicted octanol–water partition coefficient (Wildman–Crippen LogP) is 4.03. The summed E-state index contributed by atoms with van der Waals surface area (Å²) in [5.74, 6) is 0.316. The van der Waals surface area contributed by atoms with Crippen molar-refractivity contribution in [3.63, 3.8) is 0 Å². The maximum Gasteiger partial charge on any atom is 0.168 e. The van der Waals surface area contributed by atoms with E-state index in [2.05, 4.69) is 22.5 Å². The first kappa shape index (κ1) is 15.0. The van der Waals surface area contributed by atoms with Gasteiger partial charge in [-0.2, -0.15) is 0 Å². The number of hydrogen-bond acceptors (Lipinski definition) is 3. The lowest BCUT2D eigenvalue weighted by Gasteiger charge is -2.26. The van der Waals surface area contributed by atoms with Crippen molar-refractivity contribution in [1.82, 2.24) is 4.98 Å². The number of halogens is 2. The first-order valence-corrected chi connectivity index (χ1v) is 7.44. The number of pyridine rings is 1. The summed E-state index contributed by atoms with van der Waals surface area (Å²) in [6.45, 7) is 5.37. The van der Waals surface area contributed by atoms with Crippen LogP contribution in [0.1, 0.15) is 39.5 Å². The molecule has 0 saturated heterocycles. The van der Waals surface area contributed by atoms with E-state index >= 15 is 0 Å². The van der Waals surface area contributed by atoms with Gasteiger partial charge in [0, 0.05) is 19.2 Å². The summed E-state index contributed by atoms with van der Waals surface area (Å²) in [6, 6.07) is 0.885. The molecule has 0 unspecified atom stereocenters. The highest BCUT2D eigenvalue weighted by molar-refractivity contribution is 5.47. The Balaban J connectivity index is 1.96. The Bertz CT molecular complexity index is 443. The van der Waals surface area contributed by atoms with Gasteiger partial charge in [0.25, 0.3) is 0 Å². The summed E-state index contributed by atoms with van der Waals surface area (Å²) in [7, 11) is 0. The van der Waals surface area contributed by atoms with Crippen molar-refractivity contribution in [2.24, 2.45) is 11.8 Å². The molecule has 0 amide bonds. The number of anilines is 2. The maximum atomic E-state index is 13.7. The lowest BCUT2D eigenvalue weighted by atomic mass is 9.83. The molecule has 0 aromatic carbocycles. The van der Waals surface area contributed by atoms with Crippen LogP contribution in [0.15, 0.2) is 6.07 Å². The Morgan fingerprint density at radius 1 is 1.10 bits per heavy atom. The summed E-state index contributed by atoms with van der Waals surface area (Å²) in [5.41, 5.74) is 0. The molecular weight excluding hydrogens is 260 g/mol. The monoisotopic (exact) mass is 283 g/mol. The van der Waals surface area contributed by atoms with Gasteiger partial charge < -0.3 is 10.6 Å². The molecule has 0 aliphatic heterocycles. The first-order valence-electron chi connectivity index (χ1n) is 7.44. The van der Waals surface area contributed by atoms with Crippen molar-refractivity contribution < 1.29 is 8.78 Å². The van der Waals surface area contributed by atoms with Crippen LogP contribution in [0.2, 0.25) is 0 Å². The standard InChI is InChI=1S/C15H23F2N3/c1-3-18-14-12(16)8-13(17)15(20-14)19-9-11-6-4-10(2)5-7-11/h8,10-11H,3-7,9H2,1-2H3,(H2,18,19,20). The minimum Gasteiger partial charge on any atom is -0.368 e. The van der Waals surface area contributed by atoms with Crippen molar-refractivity contribution in [3.05, 3.63) is 17.7 Å². The van der Waals surface area contributed by atoms with E-state index in [1.165, 1.54) is 12.8 Å². The molecule has 0 atom stereocenters. The summed E-state index contributed by atoms with van der Waals surface area (Å²) >= 11 is 0. The Hall–Kier alpha value is -1.39. The molecule has 0 radical (unpaired) electrons. The number of nitrogens with zero attached hydrogens (tertiary/aromatic N) is 1. The van der Waals surface area contributed by atoms with Crippen LogP contribution in [0.4, 0.5) is 20.4 Å². The van der Waals surface area contributed by atoms with Gasteiger partial charge >= 0.3 is 0 Å². The highest BCUT2D eigenvalue weighted by Gasteiger charge is 2.19. The van der Waals surface area contributed by atoms with E-state index in [1.807, 2.05) is 6.92 Å². The Kier molecular flexibility index (Phi) is 5.15. The molecule has 3 nitrogen and oxygen atoms in total. The van der Waals surface area contributed by atoms with E-state index < -0.39 is 11.6 Å². The quantitative estimate of drug-likeness (QED) is 0.856. The highest BCUT2D eigenvalue weighted by atomic mass is 19.1. The molecule has 1 aliphatic carbocycles. The highest BCUT2D eigenvalue weighted by Crippen LogP contribution is 2.28. The summed E-state index contributed by atoms with van der Waals surface area (Å²) in [4.78, 5) is 3.99. The lowest BCUT2D eigenvalue weighted by molar-refractivity contribution is 0.300. The molecule has 1 saturated carbocycles. The van der Waals surface area contributed by atoms with Crippen molar-refractivity contribution >= 4 is 11.6 Å². The van der Waals surface area contributed by atoms with Crippen LogP contribution in [0.3, 0.4) is 0 Å². The molecule has 112 valence electrons. The normalized spacial score (nSPS) is 22.6. The second-order valence-corrected chi connectivity index (χ2v) is 5.69. The fourth-order valence-corrected chi connectivity index (χ4v) is 2.66. The number of hydrogen-bond donors (Lipinski definition) is 2. The van der Waals surface area contributed by atoms with Crippen LogP contribution in [0.5, 0.6) is 0 Å². The Morgan fingerprint density at radius 3 is 2.30 bits per heavy atom. The minimum atomic E-state index is -0.651. The van der Waals surface area contributed by atoms with E-state index in [0.717, 1.165) is 24.8 Å². The van der Waals surface area contributed by atoms with Crippen LogP contribution in [-0.4, -0.2) is 18.1 Å². The zero-order chi connectivity index (χ0) is 14.5. The molecule has 0 spiro atoms. The van der Waals surface area contributed by atoms with Gasteiger partial charge in [-0.3, -0.25) is 0 Å². The average molecular weight is 283 g/mol. The van der Waals surface area contributed by atoms with Gasteiger partial charge in [-0.25, -0.2) is 13.8 Å². The summed E-state index contributed by atoms with van der Waals surface area (Å²) in [6.07, 6.45) is 4.79. The van der Waals surface area contributed by atoms with Crippen LogP contribution >= 0.6 is 0 Å². The molecule has 5 heteroatoms. The SMILES string of the molecule is CCNc1nc(NCC2CCC(C)CC2)c(F)cc1F. The van der Waals surface area contributed by atoms with Gasteiger partial charge in [-0.15, -0.1) is 0 Å². The minimum absolute atomic E-state index is 0.105. The van der Waals surface area contributed by atoms with Gasteiger partial charge in [-0.1, -0.05) is 19.8 Å². The second-order valence-electron chi connectivity index (χ2n) is 5.69. The molecule has 1 heterocycles. The van der Waals surface area contributed by atoms with Crippen molar-refractivity contribution in [2.45, 2.75) is 39.5 Å². The van der Waals surface area contributed by atoms with Gasteiger partial charge in [-0.05, 0) is 31.6 Å². The topological polar surface area (TPSA) is 37.0 Å². The number of nitrogens with one attached hydrogen (secondary N) is 2. The predicted molar refractivity (Wildman–Crippen MR) is 77.9 cm³/mol. The van der Waals surface area contributed by atoms with Crippen LogP contribution < -0.4 is 10.6 Å². The molecule has 1 fully saturated rings. The molecular formula is C15H23F2N3. The Morgan fingerprint density at radius 2 is 1.70 bits per heavy atom. The zero-order valence-corrected chi connectivity index (χ0v) is 12.2. The van der Waals surface area contributed by atoms with Gasteiger partial charge in [0.1, 0.15) is 0 Å². The van der Waals surface area contributed by atoms with Crippen LogP contribution in [0, 0.1) is 23.5 Å². The zero-order valence-electron chi connectivity index (χ0n) is 12.2. The molecule has 0 bridgehead atoms. The third-order valence-corrected chi connectivity index (χ3v) is 3.97. The van der Waals surface area contributed by atoms with Gasteiger partial charge in [0.15, 0.2) is 23.3 Å². The molecule has 1 aromatic heterocycles. The molecule has 1 aromatic rings. The van der Waals surface area contributed by atoms with E-state index in [4.69, 9.17) is 0 Å². The van der Waals surface area contributed by atoms with E-state index in [9.17, 15) is 8.78 Å². The third-order valence-electron chi connectivity index (χ3n) is 3.97. The second kappa shape index (κ2) is 6.86. The fraction of sp³-hybridized carbons (Fsp3) is 0.667. The largest absolute Gasteiger partial charge is 0.368 e. The average Bonchev–Trinajstić information content (AvgIpc) is 2.42. The maximum absolute atomic E-state index is 13.7. The van der Waals surface area contributed by atoms with Gasteiger partial charge in [0.05, 0.1) is 0 Å². The van der Waals surface area contributed by atoms with E-state index in [-0.39, 0.29) is 11.6 Å².